The Kier molecular flexibility index (Phi) is 6.13. The number of ether oxygens (including phenoxy) is 2. The van der Waals surface area contributed by atoms with Gasteiger partial charge in [-0.2, -0.15) is 0 Å². The number of rotatable bonds is 6. The lowest BCUT2D eigenvalue weighted by molar-refractivity contribution is 0.482. The SMILES string of the molecule is CC(=Cc1ccc(Oc2ccc(N)cc2)cc1)c1ccc(Oc2ccc(N)cc2)cc1C. The number of hydrogen-bond acceptors (Lipinski definition) is 4. The van der Waals surface area contributed by atoms with Crippen LogP contribution in [0.3, 0.4) is 0 Å². The van der Waals surface area contributed by atoms with Gasteiger partial charge in [0, 0.05) is 11.4 Å². The number of aryl methyl sites for hydroxylation is 1. The molecular weight excluding hydrogens is 396 g/mol. The molecule has 0 aliphatic carbocycles. The average Bonchev–Trinajstić information content (AvgIpc) is 2.78. The summed E-state index contributed by atoms with van der Waals surface area (Å²) in [6.45, 7) is 4.20. The molecule has 32 heavy (non-hydrogen) atoms. The summed E-state index contributed by atoms with van der Waals surface area (Å²) < 4.78 is 11.8. The van der Waals surface area contributed by atoms with Crippen LogP contribution in [0.4, 0.5) is 11.4 Å². The number of nitrogen functional groups attached to an aromatic ring is 2. The van der Waals surface area contributed by atoms with Crippen LogP contribution in [0.15, 0.2) is 91.0 Å². The molecule has 0 saturated carbocycles. The molecule has 4 rings (SSSR count). The molecule has 4 nitrogen and oxygen atoms in total. The average molecular weight is 423 g/mol. The second-order valence-corrected chi connectivity index (χ2v) is 7.72. The highest BCUT2D eigenvalue weighted by atomic mass is 16.5. The van der Waals surface area contributed by atoms with Crippen LogP contribution in [-0.4, -0.2) is 0 Å². The lowest BCUT2D eigenvalue weighted by atomic mass is 9.99. The smallest absolute Gasteiger partial charge is 0.127 e. The minimum Gasteiger partial charge on any atom is -0.457 e. The van der Waals surface area contributed by atoms with Crippen LogP contribution in [0.5, 0.6) is 23.0 Å². The van der Waals surface area contributed by atoms with Crippen molar-refractivity contribution >= 4 is 23.0 Å². The first-order valence-corrected chi connectivity index (χ1v) is 10.4. The van der Waals surface area contributed by atoms with Gasteiger partial charge in [0.2, 0.25) is 0 Å². The van der Waals surface area contributed by atoms with E-state index in [0.717, 1.165) is 39.8 Å². The number of nitrogens with two attached hydrogens (primary N) is 2. The highest BCUT2D eigenvalue weighted by Gasteiger charge is 2.05. The van der Waals surface area contributed by atoms with Crippen molar-refractivity contribution < 1.29 is 9.47 Å². The number of anilines is 2. The Hall–Kier alpha value is -4.18. The Bertz CT molecular complexity index is 1230. The first-order chi connectivity index (χ1) is 15.5. The first-order valence-electron chi connectivity index (χ1n) is 10.4. The van der Waals surface area contributed by atoms with Gasteiger partial charge >= 0.3 is 0 Å². The van der Waals surface area contributed by atoms with E-state index < -0.39 is 0 Å². The topological polar surface area (TPSA) is 70.5 Å². The standard InChI is InChI=1S/C28H26N2O2/c1-19(17-21-3-9-24(10-4-21)31-25-11-5-22(29)6-12-25)28-16-15-27(18-20(28)2)32-26-13-7-23(30)8-14-26/h3-18H,29-30H2,1-2H3. The molecular formula is C28H26N2O2. The molecule has 0 spiro atoms. The van der Waals surface area contributed by atoms with E-state index in [4.69, 9.17) is 20.9 Å². The Balaban J connectivity index is 1.45. The summed E-state index contributed by atoms with van der Waals surface area (Å²) in [5.74, 6) is 3.10. The Labute approximate surface area is 188 Å². The van der Waals surface area contributed by atoms with Gasteiger partial charge in [-0.15, -0.1) is 0 Å². The van der Waals surface area contributed by atoms with Crippen LogP contribution < -0.4 is 20.9 Å². The van der Waals surface area contributed by atoms with Crippen molar-refractivity contribution in [3.8, 4) is 23.0 Å². The molecule has 0 bridgehead atoms. The summed E-state index contributed by atoms with van der Waals surface area (Å²) in [5.41, 5.74) is 17.5. The van der Waals surface area contributed by atoms with Gasteiger partial charge in [0.05, 0.1) is 0 Å². The lowest BCUT2D eigenvalue weighted by Gasteiger charge is -2.11. The van der Waals surface area contributed by atoms with Gasteiger partial charge in [0.1, 0.15) is 23.0 Å². The zero-order valence-electron chi connectivity index (χ0n) is 18.2. The van der Waals surface area contributed by atoms with Gasteiger partial charge in [0.15, 0.2) is 0 Å². The molecule has 0 aromatic heterocycles. The maximum Gasteiger partial charge on any atom is 0.127 e. The van der Waals surface area contributed by atoms with E-state index in [2.05, 4.69) is 26.0 Å². The largest absolute Gasteiger partial charge is 0.457 e. The highest BCUT2D eigenvalue weighted by molar-refractivity contribution is 5.81. The molecule has 0 radical (unpaired) electrons. The molecule has 0 aliphatic heterocycles. The number of hydrogen-bond donors (Lipinski definition) is 2. The van der Waals surface area contributed by atoms with Crippen molar-refractivity contribution in [2.45, 2.75) is 13.8 Å². The van der Waals surface area contributed by atoms with E-state index in [1.807, 2.05) is 84.9 Å². The molecule has 0 heterocycles. The number of benzene rings is 4. The van der Waals surface area contributed by atoms with Gasteiger partial charge in [0.25, 0.3) is 0 Å². The fourth-order valence-corrected chi connectivity index (χ4v) is 3.45. The summed E-state index contributed by atoms with van der Waals surface area (Å²) in [6, 6.07) is 28.9. The quantitative estimate of drug-likeness (QED) is 0.252. The van der Waals surface area contributed by atoms with Gasteiger partial charge in [-0.1, -0.05) is 24.3 Å². The van der Waals surface area contributed by atoms with E-state index in [1.54, 1.807) is 0 Å². The molecule has 0 fully saturated rings. The van der Waals surface area contributed by atoms with Crippen LogP contribution in [-0.2, 0) is 0 Å². The van der Waals surface area contributed by atoms with Crippen LogP contribution in [0.2, 0.25) is 0 Å². The molecule has 160 valence electrons. The first kappa shape index (κ1) is 21.1. The Morgan fingerprint density at radius 1 is 0.625 bits per heavy atom. The zero-order chi connectivity index (χ0) is 22.5. The molecule has 4 heteroatoms. The van der Waals surface area contributed by atoms with E-state index in [1.165, 1.54) is 11.1 Å². The van der Waals surface area contributed by atoms with E-state index in [0.29, 0.717) is 5.69 Å². The lowest BCUT2D eigenvalue weighted by Crippen LogP contribution is -1.90. The van der Waals surface area contributed by atoms with Crippen LogP contribution in [0.25, 0.3) is 11.6 Å². The summed E-state index contributed by atoms with van der Waals surface area (Å²) in [6.07, 6.45) is 2.16. The third-order valence-corrected chi connectivity index (χ3v) is 5.12. The Morgan fingerprint density at radius 3 is 1.56 bits per heavy atom. The predicted octanol–water partition coefficient (Wildman–Crippen LogP) is 7.30. The van der Waals surface area contributed by atoms with Crippen molar-refractivity contribution in [1.29, 1.82) is 0 Å². The van der Waals surface area contributed by atoms with Crippen molar-refractivity contribution in [2.24, 2.45) is 0 Å². The van der Waals surface area contributed by atoms with E-state index in [9.17, 15) is 0 Å². The molecule has 4 aromatic carbocycles. The van der Waals surface area contributed by atoms with E-state index in [-0.39, 0.29) is 0 Å². The molecule has 0 saturated heterocycles. The van der Waals surface area contributed by atoms with Gasteiger partial charge in [-0.3, -0.25) is 0 Å². The zero-order valence-corrected chi connectivity index (χ0v) is 18.2. The van der Waals surface area contributed by atoms with Crippen LogP contribution in [0.1, 0.15) is 23.6 Å². The summed E-state index contributed by atoms with van der Waals surface area (Å²) in [5, 5.41) is 0. The van der Waals surface area contributed by atoms with E-state index >= 15 is 0 Å². The fraction of sp³-hybridized carbons (Fsp3) is 0.0714. The van der Waals surface area contributed by atoms with Crippen LogP contribution in [0, 0.1) is 6.92 Å². The van der Waals surface area contributed by atoms with Gasteiger partial charge in [-0.05, 0) is 109 Å². The van der Waals surface area contributed by atoms with Gasteiger partial charge in [-0.25, -0.2) is 0 Å². The summed E-state index contributed by atoms with van der Waals surface area (Å²) >= 11 is 0. The van der Waals surface area contributed by atoms with Crippen molar-refractivity contribution in [3.05, 3.63) is 108 Å². The third-order valence-electron chi connectivity index (χ3n) is 5.12. The van der Waals surface area contributed by atoms with Crippen molar-refractivity contribution in [1.82, 2.24) is 0 Å². The molecule has 4 N–H and O–H groups in total. The highest BCUT2D eigenvalue weighted by Crippen LogP contribution is 2.29. The minimum atomic E-state index is 0.716. The summed E-state index contributed by atoms with van der Waals surface area (Å²) in [4.78, 5) is 0. The minimum absolute atomic E-state index is 0.716. The summed E-state index contributed by atoms with van der Waals surface area (Å²) in [7, 11) is 0. The molecule has 0 aliphatic rings. The maximum atomic E-state index is 5.94. The molecule has 4 aromatic rings. The molecule has 0 amide bonds. The second-order valence-electron chi connectivity index (χ2n) is 7.72. The third kappa shape index (κ3) is 5.29. The molecule has 0 atom stereocenters. The maximum absolute atomic E-state index is 5.94. The number of allylic oxidation sites excluding steroid dienone is 1. The van der Waals surface area contributed by atoms with Crippen molar-refractivity contribution in [2.75, 3.05) is 11.5 Å². The monoisotopic (exact) mass is 422 g/mol. The molecule has 0 unspecified atom stereocenters. The van der Waals surface area contributed by atoms with Gasteiger partial charge < -0.3 is 20.9 Å². The van der Waals surface area contributed by atoms with Crippen LogP contribution >= 0.6 is 0 Å². The fourth-order valence-electron chi connectivity index (χ4n) is 3.45. The predicted molar refractivity (Wildman–Crippen MR) is 133 cm³/mol. The Morgan fingerprint density at radius 2 is 1.06 bits per heavy atom. The normalized spacial score (nSPS) is 11.2. The van der Waals surface area contributed by atoms with Crippen molar-refractivity contribution in [3.63, 3.8) is 0 Å². The second kappa shape index (κ2) is 9.31.